The summed E-state index contributed by atoms with van der Waals surface area (Å²) in [6.07, 6.45) is -3.86. The Bertz CT molecular complexity index is 865. The van der Waals surface area contributed by atoms with E-state index in [1.807, 2.05) is 4.72 Å². The highest BCUT2D eigenvalue weighted by Gasteiger charge is 2.43. The van der Waals surface area contributed by atoms with Crippen molar-refractivity contribution in [2.45, 2.75) is 11.2 Å². The lowest BCUT2D eigenvalue weighted by Crippen LogP contribution is -2.25. The summed E-state index contributed by atoms with van der Waals surface area (Å²) >= 11 is 0. The minimum absolute atomic E-state index is 0.229. The van der Waals surface area contributed by atoms with Gasteiger partial charge in [0.2, 0.25) is 0 Å². The highest BCUT2D eigenvalue weighted by Crippen LogP contribution is 2.42. The predicted molar refractivity (Wildman–Crippen MR) is 69.8 cm³/mol. The Labute approximate surface area is 127 Å². The molecule has 1 aliphatic rings. The molecule has 2 aromatic carbocycles. The van der Waals surface area contributed by atoms with Crippen LogP contribution in [0.25, 0.3) is 0 Å². The summed E-state index contributed by atoms with van der Waals surface area (Å²) in [6.45, 7) is 0. The molecule has 0 atom stereocenters. The molecule has 0 bridgehead atoms. The Morgan fingerprint density at radius 3 is 2.22 bits per heavy atom. The maximum Gasteiger partial charge on any atom is 0.586 e. The van der Waals surface area contributed by atoms with Gasteiger partial charge in [-0.25, -0.2) is 17.2 Å². The highest BCUT2D eigenvalue weighted by atomic mass is 32.2. The van der Waals surface area contributed by atoms with Crippen LogP contribution in [-0.4, -0.2) is 14.7 Å². The van der Waals surface area contributed by atoms with Crippen LogP contribution in [0.5, 0.6) is 11.5 Å². The number of rotatable bonds is 3. The van der Waals surface area contributed by atoms with E-state index in [9.17, 15) is 26.0 Å². The number of nitrogens with one attached hydrogen (secondary N) is 1. The molecule has 3 rings (SSSR count). The van der Waals surface area contributed by atoms with Gasteiger partial charge >= 0.3 is 6.29 Å². The van der Waals surface area contributed by atoms with Crippen LogP contribution in [-0.2, 0) is 10.0 Å². The first-order valence-corrected chi connectivity index (χ1v) is 7.53. The number of alkyl halides is 2. The Kier molecular flexibility index (Phi) is 3.36. The summed E-state index contributed by atoms with van der Waals surface area (Å²) in [6, 6.07) is 5.58. The van der Waals surface area contributed by atoms with Crippen molar-refractivity contribution < 1.29 is 35.5 Å². The molecule has 0 saturated carbocycles. The third kappa shape index (κ3) is 2.89. The zero-order chi connectivity index (χ0) is 16.8. The van der Waals surface area contributed by atoms with Crippen molar-refractivity contribution in [3.05, 3.63) is 48.0 Å². The van der Waals surface area contributed by atoms with E-state index in [4.69, 9.17) is 0 Å². The first-order valence-electron chi connectivity index (χ1n) is 6.05. The van der Waals surface area contributed by atoms with Gasteiger partial charge in [0.05, 0.1) is 5.69 Å². The van der Waals surface area contributed by atoms with E-state index in [1.54, 1.807) is 0 Å². The molecule has 2 aromatic rings. The van der Waals surface area contributed by atoms with Gasteiger partial charge in [0, 0.05) is 6.07 Å². The van der Waals surface area contributed by atoms with E-state index in [0.717, 1.165) is 36.4 Å². The fourth-order valence-corrected chi connectivity index (χ4v) is 3.15. The average molecular weight is 349 g/mol. The van der Waals surface area contributed by atoms with Crippen molar-refractivity contribution in [2.75, 3.05) is 4.72 Å². The van der Waals surface area contributed by atoms with Crippen LogP contribution in [0, 0.1) is 11.6 Å². The topological polar surface area (TPSA) is 64.6 Å². The van der Waals surface area contributed by atoms with Crippen LogP contribution in [0.2, 0.25) is 0 Å². The monoisotopic (exact) mass is 349 g/mol. The normalized spacial score (nSPS) is 15.5. The summed E-state index contributed by atoms with van der Waals surface area (Å²) < 4.78 is 87.2. The molecule has 0 unspecified atom stereocenters. The second-order valence-electron chi connectivity index (χ2n) is 4.49. The van der Waals surface area contributed by atoms with Crippen LogP contribution in [0.4, 0.5) is 23.2 Å². The smallest absolute Gasteiger partial charge is 0.395 e. The van der Waals surface area contributed by atoms with Gasteiger partial charge in [-0.3, -0.25) is 4.72 Å². The van der Waals surface area contributed by atoms with Crippen LogP contribution in [0.15, 0.2) is 41.3 Å². The molecule has 1 N–H and O–H groups in total. The fraction of sp³-hybridized carbons (Fsp3) is 0.0769. The molecule has 122 valence electrons. The number of sulfonamides is 1. The fourth-order valence-electron chi connectivity index (χ4n) is 1.96. The molecule has 0 fully saturated rings. The van der Waals surface area contributed by atoms with Gasteiger partial charge in [-0.2, -0.15) is 0 Å². The summed E-state index contributed by atoms with van der Waals surface area (Å²) in [4.78, 5) is -1.18. The average Bonchev–Trinajstić information content (AvgIpc) is 2.70. The molecule has 0 amide bonds. The van der Waals surface area contributed by atoms with Gasteiger partial charge in [-0.15, -0.1) is 8.78 Å². The lowest BCUT2D eigenvalue weighted by molar-refractivity contribution is -0.286. The van der Waals surface area contributed by atoms with Crippen molar-refractivity contribution in [3.8, 4) is 11.5 Å². The second kappa shape index (κ2) is 5.01. The van der Waals surface area contributed by atoms with Crippen molar-refractivity contribution in [1.82, 2.24) is 0 Å². The van der Waals surface area contributed by atoms with E-state index in [2.05, 4.69) is 9.47 Å². The molecule has 1 aliphatic heterocycles. The summed E-state index contributed by atoms with van der Waals surface area (Å²) in [7, 11) is -4.60. The van der Waals surface area contributed by atoms with Crippen molar-refractivity contribution in [2.24, 2.45) is 0 Å². The zero-order valence-electron chi connectivity index (χ0n) is 11.0. The number of hydrogen-bond donors (Lipinski definition) is 1. The van der Waals surface area contributed by atoms with Gasteiger partial charge in [0.25, 0.3) is 10.0 Å². The molecule has 0 spiro atoms. The lowest BCUT2D eigenvalue weighted by Gasteiger charge is -2.10. The van der Waals surface area contributed by atoms with E-state index in [-0.39, 0.29) is 11.4 Å². The van der Waals surface area contributed by atoms with E-state index in [0.29, 0.717) is 0 Å². The zero-order valence-corrected chi connectivity index (χ0v) is 11.8. The molecule has 1 heterocycles. The summed E-state index contributed by atoms with van der Waals surface area (Å²) in [5, 5.41) is 0. The Morgan fingerprint density at radius 2 is 1.57 bits per heavy atom. The maximum absolute atomic E-state index is 13.6. The molecule has 0 saturated heterocycles. The van der Waals surface area contributed by atoms with Gasteiger partial charge in [-0.1, -0.05) is 6.07 Å². The molecule has 0 aliphatic carbocycles. The second-order valence-corrected chi connectivity index (χ2v) is 6.10. The van der Waals surface area contributed by atoms with E-state index < -0.39 is 38.6 Å². The lowest BCUT2D eigenvalue weighted by atomic mass is 10.3. The maximum atomic E-state index is 13.6. The largest absolute Gasteiger partial charge is 0.586 e. The predicted octanol–water partition coefficient (Wildman–Crippen LogP) is 3.09. The van der Waals surface area contributed by atoms with Gasteiger partial charge < -0.3 is 9.47 Å². The molecular formula is C13H7F4NO4S. The van der Waals surface area contributed by atoms with Gasteiger partial charge in [0.1, 0.15) is 11.6 Å². The third-order valence-electron chi connectivity index (χ3n) is 2.84. The van der Waals surface area contributed by atoms with Crippen molar-refractivity contribution in [3.63, 3.8) is 0 Å². The molecular weight excluding hydrogens is 342 g/mol. The number of hydrogen-bond acceptors (Lipinski definition) is 4. The quantitative estimate of drug-likeness (QED) is 0.865. The highest BCUT2D eigenvalue weighted by molar-refractivity contribution is 7.92. The van der Waals surface area contributed by atoms with Gasteiger partial charge in [0.15, 0.2) is 16.4 Å². The van der Waals surface area contributed by atoms with Crippen LogP contribution in [0.1, 0.15) is 0 Å². The number of benzene rings is 2. The van der Waals surface area contributed by atoms with Crippen LogP contribution in [0.3, 0.4) is 0 Å². The number of ether oxygens (including phenoxy) is 2. The molecule has 0 aromatic heterocycles. The van der Waals surface area contributed by atoms with E-state index in [1.165, 1.54) is 0 Å². The number of fused-ring (bicyclic) bond motifs is 1. The number of anilines is 1. The third-order valence-corrected chi connectivity index (χ3v) is 4.27. The molecule has 0 radical (unpaired) electrons. The minimum atomic E-state index is -4.60. The first kappa shape index (κ1) is 15.4. The van der Waals surface area contributed by atoms with Crippen LogP contribution < -0.4 is 14.2 Å². The minimum Gasteiger partial charge on any atom is -0.395 e. The van der Waals surface area contributed by atoms with Crippen LogP contribution >= 0.6 is 0 Å². The standard InChI is InChI=1S/C13H7F4NO4S/c14-8-2-1-3-9(15)12(8)23(19,20)18-7-4-5-10-11(6-7)22-13(16,17)21-10/h1-6,18H. The molecule has 10 heteroatoms. The Morgan fingerprint density at radius 1 is 0.957 bits per heavy atom. The Balaban J connectivity index is 1.94. The molecule has 23 heavy (non-hydrogen) atoms. The van der Waals surface area contributed by atoms with Gasteiger partial charge in [-0.05, 0) is 24.3 Å². The number of halogens is 4. The summed E-state index contributed by atoms with van der Waals surface area (Å²) in [5.74, 6) is -3.28. The SMILES string of the molecule is O=S(=O)(Nc1ccc2c(c1)OC(F)(F)O2)c1c(F)cccc1F. The molecule has 5 nitrogen and oxygen atoms in total. The first-order chi connectivity index (χ1) is 10.7. The van der Waals surface area contributed by atoms with E-state index >= 15 is 0 Å². The van der Waals surface area contributed by atoms with Crippen molar-refractivity contribution in [1.29, 1.82) is 0 Å². The Hall–Kier alpha value is -2.49. The van der Waals surface area contributed by atoms with Crippen molar-refractivity contribution >= 4 is 15.7 Å². The summed E-state index contributed by atoms with van der Waals surface area (Å²) in [5.41, 5.74) is -0.229.